The molecule has 0 amide bonds. The van der Waals surface area contributed by atoms with Crippen molar-refractivity contribution in [1.82, 2.24) is 19.2 Å². The van der Waals surface area contributed by atoms with Crippen LogP contribution >= 0.6 is 11.6 Å². The van der Waals surface area contributed by atoms with Gasteiger partial charge in [-0.15, -0.1) is 0 Å². The summed E-state index contributed by atoms with van der Waals surface area (Å²) in [6.07, 6.45) is 9.70. The first kappa shape index (κ1) is 24.8. The van der Waals surface area contributed by atoms with Gasteiger partial charge in [0.1, 0.15) is 5.82 Å². The number of anilines is 1. The van der Waals surface area contributed by atoms with E-state index in [1.165, 1.54) is 5.57 Å². The van der Waals surface area contributed by atoms with Gasteiger partial charge in [-0.05, 0) is 75.9 Å². The number of fused-ring (bicyclic) bond motifs is 1. The van der Waals surface area contributed by atoms with Gasteiger partial charge < -0.3 is 15.0 Å². The quantitative estimate of drug-likeness (QED) is 0.476. The summed E-state index contributed by atoms with van der Waals surface area (Å²) in [5.41, 5.74) is 6.52. The van der Waals surface area contributed by atoms with Crippen molar-refractivity contribution in [2.24, 2.45) is 12.0 Å². The van der Waals surface area contributed by atoms with Crippen molar-refractivity contribution in [3.8, 4) is 0 Å². The van der Waals surface area contributed by atoms with E-state index < -0.39 is 0 Å². The molecule has 7 nitrogen and oxygen atoms in total. The number of nitrogens with zero attached hydrogens (tertiary/aromatic N) is 5. The third kappa shape index (κ3) is 4.88. The average Bonchev–Trinajstić information content (AvgIpc) is 3.22. The number of aliphatic hydroxyl groups excluding tert-OH is 1. The fourth-order valence-corrected chi connectivity index (χ4v) is 5.39. The number of aliphatic hydroxyl groups is 1. The zero-order valence-electron chi connectivity index (χ0n) is 21.6. The molecule has 3 aromatic rings. The minimum atomic E-state index is -0.233. The molecule has 0 radical (unpaired) electrons. The highest BCUT2D eigenvalue weighted by atomic mass is 35.5. The number of aliphatic imine (C=N–C) groups is 1. The summed E-state index contributed by atoms with van der Waals surface area (Å²) in [6, 6.07) is 6.28. The summed E-state index contributed by atoms with van der Waals surface area (Å²) in [6.45, 7) is 8.76. The predicted molar refractivity (Wildman–Crippen MR) is 148 cm³/mol. The Hall–Kier alpha value is -2.87. The monoisotopic (exact) mass is 506 g/mol. The van der Waals surface area contributed by atoms with Crippen molar-refractivity contribution in [3.05, 3.63) is 69.9 Å². The molecule has 8 heteroatoms. The molecule has 190 valence electrons. The Labute approximate surface area is 217 Å². The van der Waals surface area contributed by atoms with Crippen LogP contribution in [-0.4, -0.2) is 49.4 Å². The molecule has 1 atom stereocenters. The third-order valence-corrected chi connectivity index (χ3v) is 7.88. The lowest BCUT2D eigenvalue weighted by Crippen LogP contribution is -2.37. The zero-order chi connectivity index (χ0) is 25.4. The van der Waals surface area contributed by atoms with Gasteiger partial charge in [0, 0.05) is 54.2 Å². The average molecular weight is 507 g/mol. The number of rotatable bonds is 5. The lowest BCUT2D eigenvalue weighted by Gasteiger charge is -2.29. The predicted octanol–water partition coefficient (Wildman–Crippen LogP) is 5.54. The van der Waals surface area contributed by atoms with E-state index in [1.54, 1.807) is 0 Å². The highest BCUT2D eigenvalue weighted by Gasteiger charge is 2.20. The number of aryl methyl sites for hydroxylation is 2. The van der Waals surface area contributed by atoms with E-state index in [9.17, 15) is 5.11 Å². The van der Waals surface area contributed by atoms with Gasteiger partial charge in [0.25, 0.3) is 0 Å². The Morgan fingerprint density at radius 3 is 2.86 bits per heavy atom. The largest absolute Gasteiger partial charge is 0.392 e. The summed E-state index contributed by atoms with van der Waals surface area (Å²) in [5, 5.41) is 20.2. The smallest absolute Gasteiger partial charge is 0.155 e. The molecular formula is C28H35ClN6O. The molecular weight excluding hydrogens is 472 g/mol. The number of hydrogen-bond donors (Lipinski definition) is 2. The number of hydrogen-bond acceptors (Lipinski definition) is 5. The molecule has 0 saturated carbocycles. The van der Waals surface area contributed by atoms with Crippen LogP contribution in [0.25, 0.3) is 10.9 Å². The summed E-state index contributed by atoms with van der Waals surface area (Å²) in [4.78, 5) is 7.35. The number of piperidine rings is 1. The highest BCUT2D eigenvalue weighted by Crippen LogP contribution is 2.32. The van der Waals surface area contributed by atoms with E-state index in [0.29, 0.717) is 0 Å². The fraction of sp³-hybridized carbons (Fsp3) is 0.429. The molecule has 2 aliphatic heterocycles. The molecule has 36 heavy (non-hydrogen) atoms. The second-order valence-electron chi connectivity index (χ2n) is 9.91. The molecule has 0 spiro atoms. The van der Waals surface area contributed by atoms with Crippen LogP contribution in [0.5, 0.6) is 0 Å². The van der Waals surface area contributed by atoms with Crippen LogP contribution in [-0.2, 0) is 13.6 Å². The second kappa shape index (κ2) is 10.2. The third-order valence-electron chi connectivity index (χ3n) is 7.41. The molecule has 0 bridgehead atoms. The Morgan fingerprint density at radius 1 is 1.25 bits per heavy atom. The van der Waals surface area contributed by atoms with E-state index in [1.807, 2.05) is 31.7 Å². The van der Waals surface area contributed by atoms with Crippen LogP contribution < -0.4 is 5.32 Å². The normalized spacial score (nSPS) is 19.2. The Morgan fingerprint density at radius 2 is 2.08 bits per heavy atom. The standard InChI is InChI=1S/C28H35ClN6O/c1-5-20-8-6-10-26(35-16-21(18(2)32-35)15-34-13-7-9-23(36)17-34)31-28(20)30-22-11-12-25-24(14-22)27(29)19(3)33(25)4/h6,10-12,14,16,23,30,36H,5,7-9,13,15,17H2,1-4H3. The summed E-state index contributed by atoms with van der Waals surface area (Å²) >= 11 is 6.61. The van der Waals surface area contributed by atoms with E-state index in [4.69, 9.17) is 21.7 Å². The van der Waals surface area contributed by atoms with Crippen LogP contribution in [0.3, 0.4) is 0 Å². The van der Waals surface area contributed by atoms with Crippen molar-refractivity contribution in [3.63, 3.8) is 0 Å². The lowest BCUT2D eigenvalue weighted by molar-refractivity contribution is 0.0667. The van der Waals surface area contributed by atoms with Gasteiger partial charge in [-0.25, -0.2) is 9.67 Å². The number of aromatic nitrogens is 3. The summed E-state index contributed by atoms with van der Waals surface area (Å²) in [7, 11) is 2.04. The van der Waals surface area contributed by atoms with Crippen molar-refractivity contribution in [2.45, 2.75) is 59.1 Å². The minimum absolute atomic E-state index is 0.233. The Balaban J connectivity index is 1.43. The number of allylic oxidation sites excluding steroid dienone is 3. The first-order valence-corrected chi connectivity index (χ1v) is 13.2. The van der Waals surface area contributed by atoms with Gasteiger partial charge >= 0.3 is 0 Å². The second-order valence-corrected chi connectivity index (χ2v) is 10.3. The lowest BCUT2D eigenvalue weighted by atomic mass is 10.1. The van der Waals surface area contributed by atoms with Crippen LogP contribution in [0.15, 0.2) is 52.9 Å². The van der Waals surface area contributed by atoms with E-state index >= 15 is 0 Å². The molecule has 1 aromatic carbocycles. The molecule has 5 rings (SSSR count). The van der Waals surface area contributed by atoms with E-state index in [-0.39, 0.29) is 6.10 Å². The van der Waals surface area contributed by atoms with Gasteiger partial charge in [-0.3, -0.25) is 4.90 Å². The van der Waals surface area contributed by atoms with E-state index in [2.05, 4.69) is 52.2 Å². The maximum atomic E-state index is 10.0. The zero-order valence-corrected chi connectivity index (χ0v) is 22.3. The molecule has 1 saturated heterocycles. The first-order chi connectivity index (χ1) is 17.3. The van der Waals surface area contributed by atoms with Crippen molar-refractivity contribution in [1.29, 1.82) is 0 Å². The maximum Gasteiger partial charge on any atom is 0.155 e. The summed E-state index contributed by atoms with van der Waals surface area (Å²) < 4.78 is 3.99. The van der Waals surface area contributed by atoms with Crippen LogP contribution in [0.2, 0.25) is 5.02 Å². The number of likely N-dealkylation sites (tertiary alicyclic amines) is 1. The molecule has 2 aliphatic rings. The van der Waals surface area contributed by atoms with Gasteiger partial charge in [-0.1, -0.05) is 24.6 Å². The minimum Gasteiger partial charge on any atom is -0.392 e. The van der Waals surface area contributed by atoms with Gasteiger partial charge in [0.2, 0.25) is 0 Å². The Bertz CT molecular complexity index is 1380. The first-order valence-electron chi connectivity index (χ1n) is 12.8. The van der Waals surface area contributed by atoms with Gasteiger partial charge in [0.05, 0.1) is 16.8 Å². The van der Waals surface area contributed by atoms with Crippen molar-refractivity contribution >= 4 is 34.0 Å². The topological polar surface area (TPSA) is 70.6 Å². The van der Waals surface area contributed by atoms with Crippen LogP contribution in [0, 0.1) is 13.8 Å². The van der Waals surface area contributed by atoms with Gasteiger partial charge in [-0.2, -0.15) is 5.10 Å². The number of nitrogens with one attached hydrogen (secondary N) is 1. The van der Waals surface area contributed by atoms with Crippen molar-refractivity contribution in [2.75, 3.05) is 18.4 Å². The molecule has 1 fully saturated rings. The molecule has 2 N–H and O–H groups in total. The Kier molecular flexibility index (Phi) is 7.06. The number of benzene rings is 1. The SMILES string of the molecule is CCC1=C(Nc2ccc3c(c2)c(Cl)c(C)n3C)N=C(n2cc(CN3CCCC(O)C3)c(C)n2)C=CC1. The highest BCUT2D eigenvalue weighted by molar-refractivity contribution is 6.36. The molecule has 2 aromatic heterocycles. The van der Waals surface area contributed by atoms with Crippen LogP contribution in [0.1, 0.15) is 49.6 Å². The maximum absolute atomic E-state index is 10.0. The molecule has 1 unspecified atom stereocenters. The molecule has 4 heterocycles. The van der Waals surface area contributed by atoms with E-state index in [0.717, 1.165) is 95.5 Å². The molecule has 0 aliphatic carbocycles. The van der Waals surface area contributed by atoms with Crippen molar-refractivity contribution < 1.29 is 5.11 Å². The number of β-amino-alcohol motifs (C(OH)–C–C–N with tert-alkyl or cyclic N) is 1. The number of halogens is 1. The van der Waals surface area contributed by atoms with Crippen LogP contribution in [0.4, 0.5) is 5.69 Å². The fourth-order valence-electron chi connectivity index (χ4n) is 5.12. The van der Waals surface area contributed by atoms with Gasteiger partial charge in [0.15, 0.2) is 5.84 Å². The summed E-state index contributed by atoms with van der Waals surface area (Å²) in [5.74, 6) is 1.64.